The van der Waals surface area contributed by atoms with Gasteiger partial charge in [-0.05, 0) is 26.0 Å². The van der Waals surface area contributed by atoms with Crippen LogP contribution in [0.2, 0.25) is 0 Å². The number of halogens is 1. The molecule has 0 aromatic carbocycles. The van der Waals surface area contributed by atoms with Gasteiger partial charge in [0.25, 0.3) is 0 Å². The second-order valence-electron chi connectivity index (χ2n) is 4.93. The third-order valence-electron chi connectivity index (χ3n) is 3.33. The molecule has 20 heavy (non-hydrogen) atoms. The predicted molar refractivity (Wildman–Crippen MR) is 78.8 cm³/mol. The van der Waals surface area contributed by atoms with Crippen LogP contribution in [0.1, 0.15) is 29.4 Å². The van der Waals surface area contributed by atoms with Crippen molar-refractivity contribution in [3.8, 4) is 0 Å². The van der Waals surface area contributed by atoms with Crippen LogP contribution in [0.25, 0.3) is 11.2 Å². The van der Waals surface area contributed by atoms with Crippen molar-refractivity contribution in [3.63, 3.8) is 0 Å². The molecule has 5 nitrogen and oxygen atoms in total. The first-order chi connectivity index (χ1) is 9.56. The van der Waals surface area contributed by atoms with Gasteiger partial charge >= 0.3 is 0 Å². The number of aryl methyl sites for hydroxylation is 2. The van der Waals surface area contributed by atoms with Crippen molar-refractivity contribution in [2.24, 2.45) is 7.05 Å². The Bertz CT molecular complexity index is 756. The number of aromatic nitrogens is 5. The highest BCUT2D eigenvalue weighted by atomic mass is 35.5. The molecule has 0 N–H and O–H groups in total. The molecule has 0 bridgehead atoms. The molecule has 0 saturated carbocycles. The Morgan fingerprint density at radius 3 is 2.85 bits per heavy atom. The molecule has 0 amide bonds. The molecule has 0 saturated heterocycles. The van der Waals surface area contributed by atoms with E-state index in [1.807, 2.05) is 43.9 Å². The highest BCUT2D eigenvalue weighted by Gasteiger charge is 2.17. The van der Waals surface area contributed by atoms with Crippen molar-refractivity contribution in [1.82, 2.24) is 24.3 Å². The predicted octanol–water partition coefficient (Wildman–Crippen LogP) is 2.82. The van der Waals surface area contributed by atoms with Crippen molar-refractivity contribution in [3.05, 3.63) is 41.6 Å². The Morgan fingerprint density at radius 2 is 2.20 bits per heavy atom. The average Bonchev–Trinajstić information content (AvgIpc) is 2.91. The summed E-state index contributed by atoms with van der Waals surface area (Å²) < 4.78 is 3.89. The number of rotatable bonds is 3. The van der Waals surface area contributed by atoms with E-state index in [4.69, 9.17) is 11.6 Å². The van der Waals surface area contributed by atoms with Gasteiger partial charge in [-0.25, -0.2) is 9.97 Å². The Balaban J connectivity index is 2.14. The molecule has 1 atom stereocenters. The topological polar surface area (TPSA) is 48.5 Å². The van der Waals surface area contributed by atoms with Gasteiger partial charge in [0.2, 0.25) is 0 Å². The lowest BCUT2D eigenvalue weighted by Gasteiger charge is -2.09. The molecule has 0 spiro atoms. The fourth-order valence-corrected chi connectivity index (χ4v) is 2.58. The van der Waals surface area contributed by atoms with Gasteiger partial charge in [-0.3, -0.25) is 4.68 Å². The first-order valence-corrected chi connectivity index (χ1v) is 6.94. The van der Waals surface area contributed by atoms with Crippen LogP contribution in [0.5, 0.6) is 0 Å². The summed E-state index contributed by atoms with van der Waals surface area (Å²) in [5.74, 6) is 0.837. The first-order valence-electron chi connectivity index (χ1n) is 6.50. The van der Waals surface area contributed by atoms with Crippen molar-refractivity contribution in [1.29, 1.82) is 0 Å². The number of pyridine rings is 1. The van der Waals surface area contributed by atoms with Crippen LogP contribution in [-0.4, -0.2) is 24.3 Å². The molecule has 0 aliphatic carbocycles. The lowest BCUT2D eigenvalue weighted by atomic mass is 10.2. The summed E-state index contributed by atoms with van der Waals surface area (Å²) in [7, 11) is 1.92. The van der Waals surface area contributed by atoms with E-state index in [1.54, 1.807) is 6.20 Å². The Morgan fingerprint density at radius 1 is 1.40 bits per heavy atom. The van der Waals surface area contributed by atoms with Crippen molar-refractivity contribution in [2.45, 2.75) is 25.8 Å². The molecular weight excluding hydrogens is 274 g/mol. The van der Waals surface area contributed by atoms with E-state index >= 15 is 0 Å². The summed E-state index contributed by atoms with van der Waals surface area (Å²) >= 11 is 6.26. The van der Waals surface area contributed by atoms with Gasteiger partial charge in [0.1, 0.15) is 11.3 Å². The Labute approximate surface area is 122 Å². The van der Waals surface area contributed by atoms with Crippen molar-refractivity contribution < 1.29 is 0 Å². The monoisotopic (exact) mass is 289 g/mol. The van der Waals surface area contributed by atoms with Crippen LogP contribution in [0, 0.1) is 6.92 Å². The summed E-state index contributed by atoms with van der Waals surface area (Å²) in [5, 5.41) is 4.21. The van der Waals surface area contributed by atoms with Crippen LogP contribution in [0.4, 0.5) is 0 Å². The van der Waals surface area contributed by atoms with E-state index in [1.165, 1.54) is 0 Å². The van der Waals surface area contributed by atoms with Crippen LogP contribution in [-0.2, 0) is 13.6 Å². The van der Waals surface area contributed by atoms with Crippen LogP contribution in [0.3, 0.4) is 0 Å². The maximum Gasteiger partial charge on any atom is 0.160 e. The lowest BCUT2D eigenvalue weighted by molar-refractivity contribution is 0.732. The summed E-state index contributed by atoms with van der Waals surface area (Å²) in [6.45, 7) is 4.61. The fraction of sp³-hybridized carbons (Fsp3) is 0.357. The van der Waals surface area contributed by atoms with E-state index in [0.29, 0.717) is 6.54 Å². The molecule has 0 aliphatic rings. The standard InChI is InChI=1S/C14H16ClN5/c1-9(15)13-17-12-5-4-6-16-14(12)20(13)8-11-7-19(3)18-10(11)2/h4-7,9H,8H2,1-3H3. The first kappa shape index (κ1) is 13.1. The quantitative estimate of drug-likeness (QED) is 0.697. The van der Waals surface area contributed by atoms with E-state index in [-0.39, 0.29) is 5.38 Å². The molecular formula is C14H16ClN5. The van der Waals surface area contributed by atoms with Gasteiger partial charge in [0.15, 0.2) is 5.65 Å². The number of imidazole rings is 1. The second kappa shape index (κ2) is 4.90. The number of hydrogen-bond acceptors (Lipinski definition) is 3. The van der Waals surface area contributed by atoms with Gasteiger partial charge in [-0.1, -0.05) is 0 Å². The lowest BCUT2D eigenvalue weighted by Crippen LogP contribution is -2.06. The fourth-order valence-electron chi connectivity index (χ4n) is 2.41. The van der Waals surface area contributed by atoms with Gasteiger partial charge in [0.05, 0.1) is 17.6 Å². The zero-order valence-corrected chi connectivity index (χ0v) is 12.5. The molecule has 3 rings (SSSR count). The molecule has 0 radical (unpaired) electrons. The van der Waals surface area contributed by atoms with Gasteiger partial charge in [-0.2, -0.15) is 5.10 Å². The number of alkyl halides is 1. The number of fused-ring (bicyclic) bond motifs is 1. The van der Waals surface area contributed by atoms with Crippen molar-refractivity contribution >= 4 is 22.8 Å². The minimum absolute atomic E-state index is 0.166. The number of nitrogens with zero attached hydrogens (tertiary/aromatic N) is 5. The Kier molecular flexibility index (Phi) is 3.22. The highest BCUT2D eigenvalue weighted by molar-refractivity contribution is 6.20. The average molecular weight is 290 g/mol. The summed E-state index contributed by atoms with van der Waals surface area (Å²) in [6.07, 6.45) is 3.80. The molecule has 0 aliphatic heterocycles. The smallest absolute Gasteiger partial charge is 0.160 e. The second-order valence-corrected chi connectivity index (χ2v) is 5.59. The third kappa shape index (κ3) is 2.18. The molecule has 0 fully saturated rings. The maximum absolute atomic E-state index is 6.26. The SMILES string of the molecule is Cc1nn(C)cc1Cn1c(C(C)Cl)nc2cccnc21. The molecule has 3 aromatic rings. The molecule has 3 aromatic heterocycles. The molecule has 104 valence electrons. The van der Waals surface area contributed by atoms with E-state index in [0.717, 1.165) is 28.2 Å². The zero-order chi connectivity index (χ0) is 14.3. The molecule has 3 heterocycles. The van der Waals surface area contributed by atoms with Gasteiger partial charge < -0.3 is 4.57 Å². The van der Waals surface area contributed by atoms with Gasteiger partial charge in [-0.15, -0.1) is 11.6 Å². The highest BCUT2D eigenvalue weighted by Crippen LogP contribution is 2.24. The van der Waals surface area contributed by atoms with E-state index in [2.05, 4.69) is 19.6 Å². The summed E-state index contributed by atoms with van der Waals surface area (Å²) in [5.41, 5.74) is 3.89. The van der Waals surface area contributed by atoms with E-state index in [9.17, 15) is 0 Å². The van der Waals surface area contributed by atoms with Crippen LogP contribution in [0.15, 0.2) is 24.5 Å². The molecule has 6 heteroatoms. The van der Waals surface area contributed by atoms with Gasteiger partial charge in [0, 0.05) is 25.0 Å². The largest absolute Gasteiger partial charge is 0.307 e. The zero-order valence-electron chi connectivity index (χ0n) is 11.7. The third-order valence-corrected chi connectivity index (χ3v) is 3.53. The van der Waals surface area contributed by atoms with Crippen molar-refractivity contribution in [2.75, 3.05) is 0 Å². The Hall–Kier alpha value is -1.88. The minimum atomic E-state index is -0.166. The van der Waals surface area contributed by atoms with Crippen LogP contribution >= 0.6 is 11.6 Å². The summed E-state index contributed by atoms with van der Waals surface area (Å²) in [6, 6.07) is 3.84. The van der Waals surface area contributed by atoms with E-state index < -0.39 is 0 Å². The normalized spacial score (nSPS) is 13.0. The van der Waals surface area contributed by atoms with Crippen LogP contribution < -0.4 is 0 Å². The maximum atomic E-state index is 6.26. The summed E-state index contributed by atoms with van der Waals surface area (Å²) in [4.78, 5) is 9.02. The minimum Gasteiger partial charge on any atom is -0.307 e. The molecule has 1 unspecified atom stereocenters. The number of hydrogen-bond donors (Lipinski definition) is 0.